The summed E-state index contributed by atoms with van der Waals surface area (Å²) in [5, 5.41) is 4.78. The van der Waals surface area contributed by atoms with Gasteiger partial charge in [-0.3, -0.25) is 4.40 Å². The number of fused-ring (bicyclic) bond motifs is 1. The van der Waals surface area contributed by atoms with Gasteiger partial charge in [0, 0.05) is 31.8 Å². The molecule has 0 aliphatic carbocycles. The Labute approximate surface area is 128 Å². The van der Waals surface area contributed by atoms with Crippen LogP contribution in [0.25, 0.3) is 4.96 Å². The highest BCUT2D eigenvalue weighted by Crippen LogP contribution is 2.25. The van der Waals surface area contributed by atoms with Gasteiger partial charge in [0.1, 0.15) is 0 Å². The van der Waals surface area contributed by atoms with E-state index in [4.69, 9.17) is 4.74 Å². The third kappa shape index (κ3) is 3.37. The fourth-order valence-corrected chi connectivity index (χ4v) is 4.50. The molecule has 0 spiro atoms. The van der Waals surface area contributed by atoms with Gasteiger partial charge in [-0.15, -0.1) is 11.3 Å². The molecule has 0 saturated carbocycles. The van der Waals surface area contributed by atoms with Gasteiger partial charge in [-0.2, -0.15) is 0 Å². The van der Waals surface area contributed by atoms with Gasteiger partial charge in [0.05, 0.1) is 6.61 Å². The maximum atomic E-state index is 12.7. The van der Waals surface area contributed by atoms with Gasteiger partial charge in [-0.25, -0.2) is 18.1 Å². The number of nitrogens with zero attached hydrogens (tertiary/aromatic N) is 2. The molecule has 0 saturated heterocycles. The van der Waals surface area contributed by atoms with Crippen LogP contribution in [-0.2, 0) is 14.8 Å². The third-order valence-electron chi connectivity index (χ3n) is 3.04. The van der Waals surface area contributed by atoms with E-state index in [0.29, 0.717) is 23.8 Å². The Bertz CT molecular complexity index is 686. The molecule has 2 heterocycles. The zero-order valence-corrected chi connectivity index (χ0v) is 13.9. The average molecular weight is 332 g/mol. The van der Waals surface area contributed by atoms with Crippen LogP contribution >= 0.6 is 11.3 Å². The minimum absolute atomic E-state index is 0.137. The van der Waals surface area contributed by atoms with E-state index in [1.165, 1.54) is 11.3 Å². The molecule has 1 atom stereocenters. The largest absolute Gasteiger partial charge is 0.383 e. The molecule has 0 radical (unpaired) electrons. The third-order valence-corrected chi connectivity index (χ3v) is 5.34. The van der Waals surface area contributed by atoms with E-state index < -0.39 is 10.0 Å². The number of nitrogens with one attached hydrogen (secondary N) is 2. The lowest BCUT2D eigenvalue weighted by molar-refractivity contribution is 0.171. The van der Waals surface area contributed by atoms with Gasteiger partial charge < -0.3 is 10.1 Å². The minimum Gasteiger partial charge on any atom is -0.383 e. The van der Waals surface area contributed by atoms with E-state index in [2.05, 4.69) is 15.0 Å². The fraction of sp³-hybridized carbons (Fsp3) is 0.583. The molecule has 7 nitrogen and oxygen atoms in total. The summed E-state index contributed by atoms with van der Waals surface area (Å²) in [5.74, 6) is 0.349. The molecule has 0 aliphatic heterocycles. The lowest BCUT2D eigenvalue weighted by Crippen LogP contribution is -2.38. The predicted molar refractivity (Wildman–Crippen MR) is 83.5 cm³/mol. The number of thiazole rings is 1. The molecule has 1 unspecified atom stereocenters. The molecule has 2 rings (SSSR count). The van der Waals surface area contributed by atoms with E-state index in [9.17, 15) is 8.42 Å². The SMILES string of the molecule is CCCC(COC)NS(=O)(=O)c1c(NC)nc2sccn12. The second-order valence-corrected chi connectivity index (χ2v) is 7.14. The van der Waals surface area contributed by atoms with Crippen LogP contribution in [0.2, 0.25) is 0 Å². The van der Waals surface area contributed by atoms with Crippen LogP contribution in [0.5, 0.6) is 0 Å². The number of hydrogen-bond donors (Lipinski definition) is 2. The number of sulfonamides is 1. The Kier molecular flexibility index (Phi) is 5.20. The van der Waals surface area contributed by atoms with Crippen molar-refractivity contribution in [2.75, 3.05) is 26.1 Å². The van der Waals surface area contributed by atoms with Gasteiger partial charge in [-0.05, 0) is 6.42 Å². The first-order chi connectivity index (χ1) is 10.0. The first-order valence-electron chi connectivity index (χ1n) is 6.68. The Balaban J connectivity index is 2.38. The first-order valence-corrected chi connectivity index (χ1v) is 9.04. The van der Waals surface area contributed by atoms with Crippen LogP contribution < -0.4 is 10.0 Å². The van der Waals surface area contributed by atoms with E-state index in [-0.39, 0.29) is 11.1 Å². The zero-order valence-electron chi connectivity index (χ0n) is 12.3. The van der Waals surface area contributed by atoms with Crippen LogP contribution in [0.1, 0.15) is 19.8 Å². The first kappa shape index (κ1) is 16.2. The van der Waals surface area contributed by atoms with Crippen molar-refractivity contribution in [3.63, 3.8) is 0 Å². The van der Waals surface area contributed by atoms with Crippen LogP contribution in [0, 0.1) is 0 Å². The number of aromatic nitrogens is 2. The highest BCUT2D eigenvalue weighted by Gasteiger charge is 2.27. The molecule has 0 aromatic carbocycles. The lowest BCUT2D eigenvalue weighted by atomic mass is 10.2. The molecular weight excluding hydrogens is 312 g/mol. The minimum atomic E-state index is -3.69. The molecule has 0 aliphatic rings. The summed E-state index contributed by atoms with van der Waals surface area (Å²) in [6.07, 6.45) is 3.29. The van der Waals surface area contributed by atoms with Crippen molar-refractivity contribution in [1.82, 2.24) is 14.1 Å². The van der Waals surface area contributed by atoms with Crippen molar-refractivity contribution in [2.45, 2.75) is 30.8 Å². The highest BCUT2D eigenvalue weighted by atomic mass is 32.2. The summed E-state index contributed by atoms with van der Waals surface area (Å²) in [4.78, 5) is 4.91. The Hall–Kier alpha value is -1.16. The highest BCUT2D eigenvalue weighted by molar-refractivity contribution is 7.89. The van der Waals surface area contributed by atoms with Crippen molar-refractivity contribution in [1.29, 1.82) is 0 Å². The summed E-state index contributed by atoms with van der Waals surface area (Å²) in [7, 11) is -0.467. The molecule has 0 amide bonds. The molecule has 0 fully saturated rings. The maximum Gasteiger partial charge on any atom is 0.260 e. The monoisotopic (exact) mass is 332 g/mol. The van der Waals surface area contributed by atoms with Crippen LogP contribution in [0.3, 0.4) is 0 Å². The normalized spacial score (nSPS) is 13.7. The van der Waals surface area contributed by atoms with Gasteiger partial charge in [-0.1, -0.05) is 13.3 Å². The fourth-order valence-electron chi connectivity index (χ4n) is 2.19. The average Bonchev–Trinajstić information content (AvgIpc) is 2.97. The van der Waals surface area contributed by atoms with E-state index in [1.54, 1.807) is 30.1 Å². The molecule has 2 N–H and O–H groups in total. The van der Waals surface area contributed by atoms with Crippen molar-refractivity contribution < 1.29 is 13.2 Å². The summed E-state index contributed by atoms with van der Waals surface area (Å²) in [5.41, 5.74) is 0. The van der Waals surface area contributed by atoms with E-state index >= 15 is 0 Å². The van der Waals surface area contributed by atoms with Crippen LogP contribution in [0.4, 0.5) is 5.82 Å². The predicted octanol–water partition coefficient (Wildman–Crippen LogP) is 1.53. The summed E-state index contributed by atoms with van der Waals surface area (Å²) in [6, 6.07) is -0.251. The van der Waals surface area contributed by atoms with Crippen molar-refractivity contribution in [3.05, 3.63) is 11.6 Å². The Morgan fingerprint density at radius 3 is 2.90 bits per heavy atom. The molecule has 2 aromatic heterocycles. The standard InChI is InChI=1S/C12H20N4O3S2/c1-4-5-9(8-19-3)15-21(17,18)11-10(13-2)14-12-16(11)6-7-20-12/h6-7,9,13,15H,4-5,8H2,1-3H3. The number of rotatable bonds is 8. The van der Waals surface area contributed by atoms with E-state index in [0.717, 1.165) is 6.42 Å². The quantitative estimate of drug-likeness (QED) is 0.766. The number of ether oxygens (including phenoxy) is 1. The number of methoxy groups -OCH3 is 1. The lowest BCUT2D eigenvalue weighted by Gasteiger charge is -2.17. The number of hydrogen-bond acceptors (Lipinski definition) is 6. The van der Waals surface area contributed by atoms with E-state index in [1.807, 2.05) is 6.92 Å². The van der Waals surface area contributed by atoms with Gasteiger partial charge in [0.15, 0.2) is 15.8 Å². The van der Waals surface area contributed by atoms with Crippen molar-refractivity contribution in [2.24, 2.45) is 0 Å². The van der Waals surface area contributed by atoms with Gasteiger partial charge in [0.2, 0.25) is 0 Å². The topological polar surface area (TPSA) is 84.7 Å². The Morgan fingerprint density at radius 1 is 1.52 bits per heavy atom. The van der Waals surface area contributed by atoms with Gasteiger partial charge in [0.25, 0.3) is 10.0 Å². The van der Waals surface area contributed by atoms with Crippen molar-refractivity contribution in [3.8, 4) is 0 Å². The number of anilines is 1. The summed E-state index contributed by atoms with van der Waals surface area (Å²) >= 11 is 1.39. The molecule has 2 aromatic rings. The molecule has 0 bridgehead atoms. The van der Waals surface area contributed by atoms with Gasteiger partial charge >= 0.3 is 0 Å². The summed E-state index contributed by atoms with van der Waals surface area (Å²) in [6.45, 7) is 2.35. The molecule has 9 heteroatoms. The molecule has 21 heavy (non-hydrogen) atoms. The zero-order chi connectivity index (χ0) is 15.5. The smallest absolute Gasteiger partial charge is 0.260 e. The van der Waals surface area contributed by atoms with Crippen molar-refractivity contribution >= 4 is 32.1 Å². The maximum absolute atomic E-state index is 12.7. The molecule has 118 valence electrons. The number of imidazole rings is 1. The second-order valence-electron chi connectivity index (χ2n) is 4.63. The van der Waals surface area contributed by atoms with Crippen LogP contribution in [0.15, 0.2) is 16.6 Å². The summed E-state index contributed by atoms with van der Waals surface area (Å²) < 4.78 is 34.7. The van der Waals surface area contributed by atoms with Crippen LogP contribution in [-0.4, -0.2) is 44.6 Å². The second kappa shape index (κ2) is 6.73. The Morgan fingerprint density at radius 2 is 2.29 bits per heavy atom. The molecular formula is C12H20N4O3S2.